The van der Waals surface area contributed by atoms with E-state index < -0.39 is 16.0 Å². The lowest BCUT2D eigenvalue weighted by Crippen LogP contribution is -2.13. The van der Waals surface area contributed by atoms with Crippen molar-refractivity contribution in [3.8, 4) is 11.5 Å². The Bertz CT molecular complexity index is 907. The van der Waals surface area contributed by atoms with Crippen molar-refractivity contribution >= 4 is 33.3 Å². The zero-order valence-electron chi connectivity index (χ0n) is 14.0. The minimum absolute atomic E-state index is 0.0634. The molecule has 8 nitrogen and oxygen atoms in total. The molecule has 0 amide bonds. The number of ether oxygens (including phenoxy) is 3. The van der Waals surface area contributed by atoms with Crippen LogP contribution in [-0.4, -0.2) is 40.3 Å². The Labute approximate surface area is 150 Å². The summed E-state index contributed by atoms with van der Waals surface area (Å²) in [6.07, 6.45) is 1.29. The molecule has 2 aromatic rings. The van der Waals surface area contributed by atoms with Gasteiger partial charge in [0.05, 0.1) is 26.4 Å². The molecule has 0 aliphatic heterocycles. The SMILES string of the molecule is COC(=O)c1cc(S(=O)(=O)Nc2c(Cl)cc(OC)cc2OC)cn1C. The van der Waals surface area contributed by atoms with Crippen molar-refractivity contribution in [3.05, 3.63) is 35.1 Å². The van der Waals surface area contributed by atoms with Gasteiger partial charge in [-0.25, -0.2) is 13.2 Å². The molecule has 1 aromatic carbocycles. The van der Waals surface area contributed by atoms with Gasteiger partial charge in [0, 0.05) is 25.4 Å². The Morgan fingerprint density at radius 1 is 1.16 bits per heavy atom. The maximum absolute atomic E-state index is 12.6. The molecule has 2 rings (SSSR count). The van der Waals surface area contributed by atoms with Gasteiger partial charge in [0.2, 0.25) is 0 Å². The van der Waals surface area contributed by atoms with Crippen LogP contribution >= 0.6 is 11.6 Å². The van der Waals surface area contributed by atoms with Crippen LogP contribution in [-0.2, 0) is 21.8 Å². The molecule has 0 bridgehead atoms. The number of carbonyl (C=O) groups is 1. The third-order valence-corrected chi connectivity index (χ3v) is 5.02. The molecule has 0 unspecified atom stereocenters. The van der Waals surface area contributed by atoms with E-state index in [0.29, 0.717) is 5.75 Å². The number of sulfonamides is 1. The van der Waals surface area contributed by atoms with E-state index in [1.54, 1.807) is 0 Å². The number of carbonyl (C=O) groups excluding carboxylic acids is 1. The summed E-state index contributed by atoms with van der Waals surface area (Å²) in [6, 6.07) is 4.15. The van der Waals surface area contributed by atoms with Crippen molar-refractivity contribution in [2.45, 2.75) is 4.90 Å². The first kappa shape index (κ1) is 18.9. The maximum atomic E-state index is 12.6. The number of methoxy groups -OCH3 is 3. The van der Waals surface area contributed by atoms with E-state index in [1.165, 1.54) is 57.3 Å². The molecule has 0 fully saturated rings. The number of halogens is 1. The van der Waals surface area contributed by atoms with E-state index >= 15 is 0 Å². The van der Waals surface area contributed by atoms with Crippen LogP contribution in [0.4, 0.5) is 5.69 Å². The minimum atomic E-state index is -4.02. The standard InChI is InChI=1S/C15H17ClN2O6S/c1-18-8-10(7-12(18)15(19)24-4)25(20,21)17-14-11(16)5-9(22-2)6-13(14)23-3/h5-8,17H,1-4H3. The lowest BCUT2D eigenvalue weighted by molar-refractivity contribution is 0.0590. The van der Waals surface area contributed by atoms with Crippen LogP contribution < -0.4 is 14.2 Å². The Hall–Kier alpha value is -2.39. The highest BCUT2D eigenvalue weighted by Crippen LogP contribution is 2.38. The molecule has 0 saturated carbocycles. The van der Waals surface area contributed by atoms with Crippen molar-refractivity contribution < 1.29 is 27.4 Å². The first-order valence-electron chi connectivity index (χ1n) is 6.92. The Kier molecular flexibility index (Phi) is 5.48. The van der Waals surface area contributed by atoms with Crippen molar-refractivity contribution in [1.29, 1.82) is 0 Å². The first-order valence-corrected chi connectivity index (χ1v) is 8.78. The summed E-state index contributed by atoms with van der Waals surface area (Å²) in [5.41, 5.74) is 0.157. The number of esters is 1. The molecule has 1 heterocycles. The second kappa shape index (κ2) is 7.24. The van der Waals surface area contributed by atoms with Crippen LogP contribution in [0.1, 0.15) is 10.5 Å². The summed E-state index contributed by atoms with van der Waals surface area (Å²) in [5.74, 6) is -0.0430. The summed E-state index contributed by atoms with van der Waals surface area (Å²) in [6.45, 7) is 0. The molecule has 25 heavy (non-hydrogen) atoms. The summed E-state index contributed by atoms with van der Waals surface area (Å²) in [4.78, 5) is 11.5. The molecule has 0 radical (unpaired) electrons. The normalized spacial score (nSPS) is 11.1. The molecule has 136 valence electrons. The second-order valence-electron chi connectivity index (χ2n) is 4.96. The molecule has 10 heteroatoms. The fourth-order valence-electron chi connectivity index (χ4n) is 2.12. The number of nitrogens with zero attached hydrogens (tertiary/aromatic N) is 1. The van der Waals surface area contributed by atoms with Gasteiger partial charge in [-0.2, -0.15) is 0 Å². The van der Waals surface area contributed by atoms with Gasteiger partial charge in [0.15, 0.2) is 0 Å². The maximum Gasteiger partial charge on any atom is 0.354 e. The number of nitrogens with one attached hydrogen (secondary N) is 1. The third-order valence-electron chi connectivity index (χ3n) is 3.40. The van der Waals surface area contributed by atoms with Crippen LogP contribution in [0.15, 0.2) is 29.3 Å². The fraction of sp³-hybridized carbons (Fsp3) is 0.267. The van der Waals surface area contributed by atoms with Gasteiger partial charge in [-0.15, -0.1) is 0 Å². The minimum Gasteiger partial charge on any atom is -0.497 e. The smallest absolute Gasteiger partial charge is 0.354 e. The Balaban J connectivity index is 2.45. The highest BCUT2D eigenvalue weighted by molar-refractivity contribution is 7.92. The quantitative estimate of drug-likeness (QED) is 0.763. The summed E-state index contributed by atoms with van der Waals surface area (Å²) in [7, 11) is 1.56. The number of rotatable bonds is 6. The number of anilines is 1. The van der Waals surface area contributed by atoms with Gasteiger partial charge in [-0.3, -0.25) is 4.72 Å². The largest absolute Gasteiger partial charge is 0.497 e. The molecule has 1 N–H and O–H groups in total. The number of aromatic nitrogens is 1. The van der Waals surface area contributed by atoms with E-state index in [0.717, 1.165) is 0 Å². The monoisotopic (exact) mass is 388 g/mol. The summed E-state index contributed by atoms with van der Waals surface area (Å²) in [5, 5.41) is 0.101. The number of hydrogen-bond acceptors (Lipinski definition) is 6. The number of aryl methyl sites for hydroxylation is 1. The van der Waals surface area contributed by atoms with E-state index in [-0.39, 0.29) is 27.0 Å². The highest BCUT2D eigenvalue weighted by atomic mass is 35.5. The van der Waals surface area contributed by atoms with Crippen molar-refractivity contribution in [1.82, 2.24) is 4.57 Å². The molecule has 0 atom stereocenters. The van der Waals surface area contributed by atoms with Crippen molar-refractivity contribution in [2.24, 2.45) is 7.05 Å². The first-order chi connectivity index (χ1) is 11.7. The molecule has 0 saturated heterocycles. The van der Waals surface area contributed by atoms with E-state index in [2.05, 4.69) is 9.46 Å². The van der Waals surface area contributed by atoms with Gasteiger partial charge >= 0.3 is 5.97 Å². The second-order valence-corrected chi connectivity index (χ2v) is 7.05. The van der Waals surface area contributed by atoms with Gasteiger partial charge in [0.25, 0.3) is 10.0 Å². The third kappa shape index (κ3) is 3.83. The number of hydrogen-bond donors (Lipinski definition) is 1. The number of benzene rings is 1. The highest BCUT2D eigenvalue weighted by Gasteiger charge is 2.24. The van der Waals surface area contributed by atoms with Crippen molar-refractivity contribution in [2.75, 3.05) is 26.1 Å². The molecular weight excluding hydrogens is 372 g/mol. The molecule has 0 aliphatic rings. The van der Waals surface area contributed by atoms with Crippen LogP contribution in [0.3, 0.4) is 0 Å². The van der Waals surface area contributed by atoms with Crippen LogP contribution in [0.25, 0.3) is 0 Å². The summed E-state index contributed by atoms with van der Waals surface area (Å²) < 4.78 is 43.8. The zero-order valence-corrected chi connectivity index (χ0v) is 15.6. The zero-order chi connectivity index (χ0) is 18.8. The molecule has 0 aliphatic carbocycles. The average molecular weight is 389 g/mol. The van der Waals surface area contributed by atoms with Crippen LogP contribution in [0, 0.1) is 0 Å². The van der Waals surface area contributed by atoms with E-state index in [9.17, 15) is 13.2 Å². The van der Waals surface area contributed by atoms with E-state index in [4.69, 9.17) is 21.1 Å². The van der Waals surface area contributed by atoms with Gasteiger partial charge in [-0.1, -0.05) is 11.6 Å². The topological polar surface area (TPSA) is 95.9 Å². The lowest BCUT2D eigenvalue weighted by atomic mass is 10.3. The molecular formula is C15H17ClN2O6S. The van der Waals surface area contributed by atoms with E-state index in [1.807, 2.05) is 0 Å². The predicted molar refractivity (Wildman–Crippen MR) is 92.1 cm³/mol. The molecule has 1 aromatic heterocycles. The Morgan fingerprint density at radius 3 is 2.40 bits per heavy atom. The van der Waals surface area contributed by atoms with Crippen LogP contribution in [0.2, 0.25) is 5.02 Å². The van der Waals surface area contributed by atoms with Crippen LogP contribution in [0.5, 0.6) is 11.5 Å². The van der Waals surface area contributed by atoms with Crippen molar-refractivity contribution in [3.63, 3.8) is 0 Å². The average Bonchev–Trinajstić information content (AvgIpc) is 2.98. The fourth-order valence-corrected chi connectivity index (χ4v) is 3.58. The van der Waals surface area contributed by atoms with Gasteiger partial charge in [0.1, 0.15) is 27.8 Å². The predicted octanol–water partition coefficient (Wildman–Crippen LogP) is 2.28. The van der Waals surface area contributed by atoms with Gasteiger partial charge < -0.3 is 18.8 Å². The summed E-state index contributed by atoms with van der Waals surface area (Å²) >= 11 is 6.13. The lowest BCUT2D eigenvalue weighted by Gasteiger charge is -2.14. The molecule has 0 spiro atoms. The van der Waals surface area contributed by atoms with Gasteiger partial charge in [-0.05, 0) is 6.07 Å². The Morgan fingerprint density at radius 2 is 1.84 bits per heavy atom.